The predicted molar refractivity (Wildman–Crippen MR) is 78.5 cm³/mol. The molecule has 1 atom stereocenters. The zero-order chi connectivity index (χ0) is 14.0. The van der Waals surface area contributed by atoms with Crippen LogP contribution >= 0.6 is 35.3 Å². The Morgan fingerprint density at radius 1 is 1.42 bits per heavy atom. The van der Waals surface area contributed by atoms with Crippen molar-refractivity contribution >= 4 is 47.0 Å². The molecule has 1 aromatic carbocycles. The molecule has 1 unspecified atom stereocenters. The van der Waals surface area contributed by atoms with Crippen molar-refractivity contribution in [3.63, 3.8) is 0 Å². The first-order valence-corrected chi connectivity index (χ1v) is 7.13. The number of aliphatic carboxylic acids is 1. The summed E-state index contributed by atoms with van der Waals surface area (Å²) in [6.07, 6.45) is 1.89. The number of halogens is 2. The Bertz CT molecular complexity index is 530. The van der Waals surface area contributed by atoms with E-state index in [4.69, 9.17) is 28.3 Å². The number of hydrogen-bond donors (Lipinski definition) is 2. The molecular weight excluding hydrogens is 307 g/mol. The Kier molecular flexibility index (Phi) is 4.30. The zero-order valence-electron chi connectivity index (χ0n) is 10.2. The standard InChI is InChI=1S/C12H12Cl2N2O2S/c1-16(6-5-11(17)18)10(7-15-19-16)12-8(13)3-2-4-9(12)14/h2-4,7,15H,5-6H2,1H3/p+1. The SMILES string of the molecule is C[N+]1(CCC(=O)O)SNC=C1c1c(Cl)cccc1Cl. The number of nitrogens with zero attached hydrogens (tertiary/aromatic N) is 1. The highest BCUT2D eigenvalue weighted by atomic mass is 35.5. The maximum Gasteiger partial charge on any atom is 0.309 e. The third-order valence-corrected chi connectivity index (χ3v) is 4.57. The van der Waals surface area contributed by atoms with E-state index >= 15 is 0 Å². The molecule has 7 heteroatoms. The smallest absolute Gasteiger partial charge is 0.309 e. The minimum Gasteiger partial charge on any atom is -0.481 e. The van der Waals surface area contributed by atoms with E-state index < -0.39 is 5.97 Å². The summed E-state index contributed by atoms with van der Waals surface area (Å²) in [5.74, 6) is -0.823. The van der Waals surface area contributed by atoms with Gasteiger partial charge < -0.3 is 5.11 Å². The van der Waals surface area contributed by atoms with Crippen molar-refractivity contribution in [3.05, 3.63) is 40.0 Å². The molecule has 2 rings (SSSR count). The maximum absolute atomic E-state index is 10.8. The number of benzene rings is 1. The highest BCUT2D eigenvalue weighted by Gasteiger charge is 2.38. The van der Waals surface area contributed by atoms with Crippen LogP contribution in [0, 0.1) is 0 Å². The summed E-state index contributed by atoms with van der Waals surface area (Å²) in [5, 5.41) is 9.96. The van der Waals surface area contributed by atoms with Crippen molar-refractivity contribution in [2.75, 3.05) is 13.6 Å². The van der Waals surface area contributed by atoms with E-state index in [0.717, 1.165) is 11.3 Å². The van der Waals surface area contributed by atoms with Gasteiger partial charge in [0.1, 0.15) is 6.54 Å². The van der Waals surface area contributed by atoms with Crippen LogP contribution in [0.4, 0.5) is 0 Å². The molecule has 0 bridgehead atoms. The van der Waals surface area contributed by atoms with Crippen molar-refractivity contribution in [1.82, 2.24) is 4.72 Å². The van der Waals surface area contributed by atoms with Crippen LogP contribution < -0.4 is 4.72 Å². The van der Waals surface area contributed by atoms with Crippen molar-refractivity contribution in [2.24, 2.45) is 0 Å². The number of nitrogens with one attached hydrogen (secondary N) is 1. The number of carboxylic acids is 1. The van der Waals surface area contributed by atoms with Gasteiger partial charge in [0.05, 0.1) is 35.3 Å². The summed E-state index contributed by atoms with van der Waals surface area (Å²) in [5.41, 5.74) is 1.62. The van der Waals surface area contributed by atoms with Crippen LogP contribution in [0.1, 0.15) is 12.0 Å². The molecule has 19 heavy (non-hydrogen) atoms. The van der Waals surface area contributed by atoms with Gasteiger partial charge in [0.15, 0.2) is 5.70 Å². The average Bonchev–Trinajstić information content (AvgIpc) is 2.70. The van der Waals surface area contributed by atoms with Gasteiger partial charge in [-0.25, -0.2) is 3.89 Å². The van der Waals surface area contributed by atoms with Crippen LogP contribution in [0.3, 0.4) is 0 Å². The molecule has 0 aromatic heterocycles. The van der Waals surface area contributed by atoms with Gasteiger partial charge in [-0.3, -0.25) is 9.52 Å². The first-order valence-electron chi connectivity index (χ1n) is 5.60. The second kappa shape index (κ2) is 5.63. The van der Waals surface area contributed by atoms with Gasteiger partial charge >= 0.3 is 5.97 Å². The minimum atomic E-state index is -0.823. The fourth-order valence-corrected chi connectivity index (χ4v) is 3.32. The lowest BCUT2D eigenvalue weighted by molar-refractivity contribution is -0.691. The molecular formula is C12H13Cl2N2O2S+. The van der Waals surface area contributed by atoms with Gasteiger partial charge in [-0.15, -0.1) is 0 Å². The molecule has 0 aliphatic carbocycles. The van der Waals surface area contributed by atoms with E-state index in [1.54, 1.807) is 18.2 Å². The molecule has 1 aromatic rings. The third-order valence-electron chi connectivity index (χ3n) is 2.93. The first-order chi connectivity index (χ1) is 8.94. The van der Waals surface area contributed by atoms with Crippen LogP contribution in [0.15, 0.2) is 24.4 Å². The highest BCUT2D eigenvalue weighted by Crippen LogP contribution is 2.42. The minimum absolute atomic E-state index is 0.0740. The average molecular weight is 320 g/mol. The quantitative estimate of drug-likeness (QED) is 0.660. The summed E-state index contributed by atoms with van der Waals surface area (Å²) in [6, 6.07) is 5.33. The van der Waals surface area contributed by atoms with Crippen molar-refractivity contribution in [3.8, 4) is 0 Å². The third kappa shape index (κ3) is 3.00. The zero-order valence-corrected chi connectivity index (χ0v) is 12.5. The van der Waals surface area contributed by atoms with Gasteiger partial charge in [-0.05, 0) is 12.1 Å². The van der Waals surface area contributed by atoms with Crippen molar-refractivity contribution < 1.29 is 13.8 Å². The van der Waals surface area contributed by atoms with E-state index in [0.29, 0.717) is 20.5 Å². The Labute approximate surface area is 125 Å². The van der Waals surface area contributed by atoms with E-state index in [1.807, 2.05) is 13.2 Å². The van der Waals surface area contributed by atoms with E-state index in [9.17, 15) is 4.79 Å². The Balaban J connectivity index is 2.35. The molecule has 1 heterocycles. The molecule has 1 aliphatic rings. The molecule has 102 valence electrons. The summed E-state index contributed by atoms with van der Waals surface area (Å²) >= 11 is 13.8. The van der Waals surface area contributed by atoms with E-state index in [1.165, 1.54) is 12.1 Å². The number of carboxylic acid groups (broad SMARTS) is 1. The van der Waals surface area contributed by atoms with Crippen LogP contribution in [0.2, 0.25) is 10.0 Å². The van der Waals surface area contributed by atoms with Gasteiger partial charge in [0, 0.05) is 0 Å². The van der Waals surface area contributed by atoms with Crippen LogP contribution in [0.5, 0.6) is 0 Å². The second-order valence-corrected chi connectivity index (χ2v) is 6.34. The van der Waals surface area contributed by atoms with Crippen molar-refractivity contribution in [1.29, 1.82) is 0 Å². The van der Waals surface area contributed by atoms with Gasteiger partial charge in [0.25, 0.3) is 0 Å². The van der Waals surface area contributed by atoms with E-state index in [-0.39, 0.29) is 6.42 Å². The molecule has 4 nitrogen and oxygen atoms in total. The lowest BCUT2D eigenvalue weighted by atomic mass is 10.1. The Morgan fingerprint density at radius 2 is 2.05 bits per heavy atom. The molecule has 0 spiro atoms. The van der Waals surface area contributed by atoms with Crippen molar-refractivity contribution in [2.45, 2.75) is 6.42 Å². The monoisotopic (exact) mass is 319 g/mol. The van der Waals surface area contributed by atoms with Gasteiger partial charge in [-0.2, -0.15) is 0 Å². The summed E-state index contributed by atoms with van der Waals surface area (Å²) in [6.45, 7) is 0.445. The second-order valence-electron chi connectivity index (χ2n) is 4.30. The maximum atomic E-state index is 10.8. The fourth-order valence-electron chi connectivity index (χ4n) is 1.91. The summed E-state index contributed by atoms with van der Waals surface area (Å²) in [7, 11) is 1.93. The number of hydrogen-bond acceptors (Lipinski definition) is 3. The van der Waals surface area contributed by atoms with Gasteiger partial charge in [0.2, 0.25) is 12.1 Å². The predicted octanol–water partition coefficient (Wildman–Crippen LogP) is 3.38. The molecule has 0 fully saturated rings. The lowest BCUT2D eigenvalue weighted by Gasteiger charge is -2.27. The lowest BCUT2D eigenvalue weighted by Crippen LogP contribution is -2.35. The van der Waals surface area contributed by atoms with Gasteiger partial charge in [-0.1, -0.05) is 29.3 Å². The Morgan fingerprint density at radius 3 is 2.63 bits per heavy atom. The molecule has 0 amide bonds. The molecule has 2 N–H and O–H groups in total. The van der Waals surface area contributed by atoms with E-state index in [2.05, 4.69) is 4.72 Å². The van der Waals surface area contributed by atoms with Crippen LogP contribution in [0.25, 0.3) is 5.70 Å². The Hall–Kier alpha value is -0.880. The summed E-state index contributed by atoms with van der Waals surface area (Å²) < 4.78 is 3.43. The number of rotatable bonds is 4. The largest absolute Gasteiger partial charge is 0.481 e. The number of carbonyl (C=O) groups is 1. The van der Waals surface area contributed by atoms with Crippen LogP contribution in [-0.4, -0.2) is 28.6 Å². The highest BCUT2D eigenvalue weighted by molar-refractivity contribution is 7.92. The first kappa shape index (κ1) is 14.5. The van der Waals surface area contributed by atoms with Crippen LogP contribution in [-0.2, 0) is 4.79 Å². The topological polar surface area (TPSA) is 49.3 Å². The number of quaternary nitrogens is 1. The normalized spacial score (nSPS) is 21.9. The fraction of sp³-hybridized carbons (Fsp3) is 0.250. The molecule has 1 aliphatic heterocycles. The molecule has 0 saturated heterocycles. The molecule has 0 saturated carbocycles. The molecule has 0 radical (unpaired) electrons. The summed E-state index contributed by atoms with van der Waals surface area (Å²) in [4.78, 5) is 10.8.